The van der Waals surface area contributed by atoms with Gasteiger partial charge in [-0.3, -0.25) is 4.79 Å². The van der Waals surface area contributed by atoms with Crippen molar-refractivity contribution < 1.29 is 23.4 Å². The molecule has 0 atom stereocenters. The van der Waals surface area contributed by atoms with Crippen LogP contribution in [0.1, 0.15) is 12.5 Å². The molecule has 2 aromatic carbocycles. The highest BCUT2D eigenvalue weighted by Crippen LogP contribution is 2.35. The van der Waals surface area contributed by atoms with E-state index >= 15 is 0 Å². The predicted molar refractivity (Wildman–Crippen MR) is 110 cm³/mol. The molecular formula is C21H23FN2O4S. The van der Waals surface area contributed by atoms with Gasteiger partial charge in [0.2, 0.25) is 0 Å². The Hall–Kier alpha value is -2.71. The van der Waals surface area contributed by atoms with Gasteiger partial charge in [-0.25, -0.2) is 4.39 Å². The molecular weight excluding hydrogens is 395 g/mol. The highest BCUT2D eigenvalue weighted by Gasteiger charge is 2.16. The van der Waals surface area contributed by atoms with E-state index in [1.807, 2.05) is 23.6 Å². The van der Waals surface area contributed by atoms with Gasteiger partial charge in [-0.05, 0) is 36.8 Å². The van der Waals surface area contributed by atoms with Crippen LogP contribution in [-0.4, -0.2) is 37.9 Å². The zero-order chi connectivity index (χ0) is 20.8. The van der Waals surface area contributed by atoms with Crippen molar-refractivity contribution in [3.05, 3.63) is 52.6 Å². The molecule has 1 aromatic heterocycles. The van der Waals surface area contributed by atoms with Crippen LogP contribution in [0.3, 0.4) is 0 Å². The second-order valence-corrected chi connectivity index (χ2v) is 7.17. The maximum absolute atomic E-state index is 13.1. The minimum absolute atomic E-state index is 0.0915. The number of nitrogens with zero attached hydrogens (tertiary/aromatic N) is 2. The fourth-order valence-corrected chi connectivity index (χ4v) is 4.15. The Kier molecular flexibility index (Phi) is 7.00. The van der Waals surface area contributed by atoms with Crippen molar-refractivity contribution in [3.63, 3.8) is 0 Å². The average molecular weight is 418 g/mol. The van der Waals surface area contributed by atoms with Crippen LogP contribution in [0.15, 0.2) is 41.4 Å². The van der Waals surface area contributed by atoms with Crippen LogP contribution in [0.25, 0.3) is 10.2 Å². The van der Waals surface area contributed by atoms with Gasteiger partial charge in [-0.2, -0.15) is 4.99 Å². The molecule has 0 N–H and O–H groups in total. The van der Waals surface area contributed by atoms with Gasteiger partial charge in [-0.15, -0.1) is 0 Å². The van der Waals surface area contributed by atoms with Gasteiger partial charge in [-0.1, -0.05) is 23.5 Å². The van der Waals surface area contributed by atoms with E-state index in [9.17, 15) is 9.18 Å². The molecule has 0 spiro atoms. The van der Waals surface area contributed by atoms with E-state index in [-0.39, 0.29) is 18.1 Å². The Morgan fingerprint density at radius 3 is 2.45 bits per heavy atom. The van der Waals surface area contributed by atoms with E-state index in [0.717, 1.165) is 10.2 Å². The van der Waals surface area contributed by atoms with Crippen LogP contribution in [-0.2, 0) is 22.5 Å². The molecule has 0 radical (unpaired) electrons. The second kappa shape index (κ2) is 9.67. The summed E-state index contributed by atoms with van der Waals surface area (Å²) in [5.41, 5.74) is 1.52. The maximum Gasteiger partial charge on any atom is 0.252 e. The Balaban J connectivity index is 2.06. The zero-order valence-electron chi connectivity index (χ0n) is 16.6. The second-order valence-electron chi connectivity index (χ2n) is 6.19. The van der Waals surface area contributed by atoms with Crippen LogP contribution in [0.2, 0.25) is 0 Å². The third-order valence-electron chi connectivity index (χ3n) is 4.34. The Labute approximate surface area is 172 Å². The van der Waals surface area contributed by atoms with E-state index in [0.29, 0.717) is 41.6 Å². The summed E-state index contributed by atoms with van der Waals surface area (Å²) in [4.78, 5) is 17.4. The number of carbonyl (C=O) groups is 1. The first-order valence-corrected chi connectivity index (χ1v) is 10.0. The van der Waals surface area contributed by atoms with Crippen LogP contribution in [0, 0.1) is 5.82 Å². The van der Waals surface area contributed by atoms with Crippen molar-refractivity contribution in [2.24, 2.45) is 4.99 Å². The van der Waals surface area contributed by atoms with Crippen molar-refractivity contribution >= 4 is 27.5 Å². The number of aromatic nitrogens is 1. The van der Waals surface area contributed by atoms with Crippen LogP contribution >= 0.6 is 11.3 Å². The summed E-state index contributed by atoms with van der Waals surface area (Å²) < 4.78 is 32.4. The van der Waals surface area contributed by atoms with Crippen molar-refractivity contribution in [2.45, 2.75) is 19.9 Å². The Bertz CT molecular complexity index is 1060. The first-order valence-electron chi connectivity index (χ1n) is 9.21. The highest BCUT2D eigenvalue weighted by molar-refractivity contribution is 7.16. The summed E-state index contributed by atoms with van der Waals surface area (Å²) in [5.74, 6) is 0.700. The van der Waals surface area contributed by atoms with E-state index < -0.39 is 0 Å². The first kappa shape index (κ1) is 21.0. The molecule has 3 rings (SSSR count). The van der Waals surface area contributed by atoms with Gasteiger partial charge in [0.25, 0.3) is 5.91 Å². The first-order chi connectivity index (χ1) is 14.1. The SMILES string of the molecule is CCOCCn1c(=NC(=O)Cc2ccc(F)cc2)sc2c(OC)ccc(OC)c21. The summed E-state index contributed by atoms with van der Waals surface area (Å²) in [7, 11) is 3.20. The molecule has 1 heterocycles. The Morgan fingerprint density at radius 1 is 1.10 bits per heavy atom. The van der Waals surface area contributed by atoms with Gasteiger partial charge < -0.3 is 18.8 Å². The van der Waals surface area contributed by atoms with Crippen molar-refractivity contribution in [3.8, 4) is 11.5 Å². The molecule has 0 aliphatic rings. The highest BCUT2D eigenvalue weighted by atomic mass is 32.1. The maximum atomic E-state index is 13.1. The number of carbonyl (C=O) groups excluding carboxylic acids is 1. The standard InChI is InChI=1S/C21H23FN2O4S/c1-4-28-12-11-24-19-16(26-2)9-10-17(27-3)20(19)29-21(24)23-18(25)13-14-5-7-15(22)8-6-14/h5-10H,4,11-13H2,1-3H3. The van der Waals surface area contributed by atoms with Gasteiger partial charge in [0.05, 0.1) is 27.2 Å². The topological polar surface area (TPSA) is 62.1 Å². The van der Waals surface area contributed by atoms with Crippen LogP contribution in [0.5, 0.6) is 11.5 Å². The predicted octanol–water partition coefficient (Wildman–Crippen LogP) is 3.57. The Morgan fingerprint density at radius 2 is 1.79 bits per heavy atom. The minimum atomic E-state index is -0.337. The van der Waals surface area contributed by atoms with Crippen LogP contribution < -0.4 is 14.3 Å². The van der Waals surface area contributed by atoms with E-state index in [1.165, 1.54) is 23.5 Å². The van der Waals surface area contributed by atoms with Crippen LogP contribution in [0.4, 0.5) is 4.39 Å². The largest absolute Gasteiger partial charge is 0.495 e. The number of rotatable bonds is 8. The van der Waals surface area contributed by atoms with E-state index in [2.05, 4.69) is 4.99 Å². The van der Waals surface area contributed by atoms with Gasteiger partial charge in [0.1, 0.15) is 27.5 Å². The van der Waals surface area contributed by atoms with E-state index in [1.54, 1.807) is 26.4 Å². The summed E-state index contributed by atoms with van der Waals surface area (Å²) in [6.07, 6.45) is 0.0915. The molecule has 0 saturated heterocycles. The molecule has 8 heteroatoms. The lowest BCUT2D eigenvalue weighted by molar-refractivity contribution is -0.117. The number of methoxy groups -OCH3 is 2. The van der Waals surface area contributed by atoms with Gasteiger partial charge >= 0.3 is 0 Å². The number of amides is 1. The molecule has 1 amide bonds. The molecule has 0 bridgehead atoms. The lowest BCUT2D eigenvalue weighted by Gasteiger charge is -2.10. The molecule has 154 valence electrons. The van der Waals surface area contributed by atoms with Gasteiger partial charge in [0, 0.05) is 13.2 Å². The summed E-state index contributed by atoms with van der Waals surface area (Å²) in [6.45, 7) is 3.51. The molecule has 0 unspecified atom stereocenters. The number of benzene rings is 2. The fraction of sp³-hybridized carbons (Fsp3) is 0.333. The number of thiazole rings is 1. The van der Waals surface area contributed by atoms with Crippen molar-refractivity contribution in [2.75, 3.05) is 27.4 Å². The fourth-order valence-electron chi connectivity index (χ4n) is 2.97. The lowest BCUT2D eigenvalue weighted by Crippen LogP contribution is -2.20. The third-order valence-corrected chi connectivity index (χ3v) is 5.44. The van der Waals surface area contributed by atoms with E-state index in [4.69, 9.17) is 14.2 Å². The molecule has 0 fully saturated rings. The van der Waals surface area contributed by atoms with Crippen molar-refractivity contribution in [1.82, 2.24) is 4.57 Å². The zero-order valence-corrected chi connectivity index (χ0v) is 17.4. The van der Waals surface area contributed by atoms with Gasteiger partial charge in [0.15, 0.2) is 4.80 Å². The molecule has 0 aliphatic heterocycles. The molecule has 6 nitrogen and oxygen atoms in total. The quantitative estimate of drug-likeness (QED) is 0.525. The third kappa shape index (κ3) is 4.83. The molecule has 3 aromatic rings. The summed E-state index contributed by atoms with van der Waals surface area (Å²) in [5, 5.41) is 0. The molecule has 0 saturated carbocycles. The molecule has 29 heavy (non-hydrogen) atoms. The normalized spacial score (nSPS) is 11.8. The number of fused-ring (bicyclic) bond motifs is 1. The monoisotopic (exact) mass is 418 g/mol. The number of hydrogen-bond acceptors (Lipinski definition) is 5. The summed E-state index contributed by atoms with van der Waals surface area (Å²) >= 11 is 1.36. The van der Waals surface area contributed by atoms with Crippen molar-refractivity contribution in [1.29, 1.82) is 0 Å². The lowest BCUT2D eigenvalue weighted by atomic mass is 10.1. The number of halogens is 1. The number of hydrogen-bond donors (Lipinski definition) is 0. The smallest absolute Gasteiger partial charge is 0.252 e. The summed E-state index contributed by atoms with van der Waals surface area (Å²) in [6, 6.07) is 9.50. The molecule has 0 aliphatic carbocycles. The number of ether oxygens (including phenoxy) is 3. The average Bonchev–Trinajstić information content (AvgIpc) is 3.07. The minimum Gasteiger partial charge on any atom is -0.495 e.